The van der Waals surface area contributed by atoms with Gasteiger partial charge in [0.05, 0.1) is 12.2 Å². The fourth-order valence-corrected chi connectivity index (χ4v) is 2.27. The summed E-state index contributed by atoms with van der Waals surface area (Å²) >= 11 is 3.24. The second-order valence-corrected chi connectivity index (χ2v) is 6.77. The van der Waals surface area contributed by atoms with Gasteiger partial charge in [0.15, 0.2) is 0 Å². The van der Waals surface area contributed by atoms with Crippen molar-refractivity contribution in [2.75, 3.05) is 6.61 Å². The fraction of sp³-hybridized carbons (Fsp3) is 0.278. The van der Waals surface area contributed by atoms with Gasteiger partial charge >= 0.3 is 0 Å². The SMILES string of the molecule is CC(C)CCOc1ccc(C(=O)NNC(=O)c2cncc(Br)c2)cc1. The minimum atomic E-state index is -0.448. The average Bonchev–Trinajstić information content (AvgIpc) is 2.59. The maximum atomic E-state index is 12.1. The maximum absolute atomic E-state index is 12.1. The van der Waals surface area contributed by atoms with E-state index in [9.17, 15) is 9.59 Å². The third-order valence-electron chi connectivity index (χ3n) is 3.34. The van der Waals surface area contributed by atoms with Crippen molar-refractivity contribution in [1.82, 2.24) is 15.8 Å². The summed E-state index contributed by atoms with van der Waals surface area (Å²) in [6, 6.07) is 8.36. The van der Waals surface area contributed by atoms with E-state index >= 15 is 0 Å². The van der Waals surface area contributed by atoms with Gasteiger partial charge in [-0.15, -0.1) is 0 Å². The first-order valence-corrected chi connectivity index (χ1v) is 8.69. The molecule has 0 unspecified atom stereocenters. The summed E-state index contributed by atoms with van der Waals surface area (Å²) in [5.41, 5.74) is 5.48. The van der Waals surface area contributed by atoms with Gasteiger partial charge in [0.25, 0.3) is 11.8 Å². The highest BCUT2D eigenvalue weighted by Gasteiger charge is 2.10. The Labute approximate surface area is 155 Å². The molecule has 0 saturated carbocycles. The van der Waals surface area contributed by atoms with Crippen LogP contribution in [-0.4, -0.2) is 23.4 Å². The van der Waals surface area contributed by atoms with Crippen molar-refractivity contribution in [1.29, 1.82) is 0 Å². The van der Waals surface area contributed by atoms with Crippen molar-refractivity contribution < 1.29 is 14.3 Å². The highest BCUT2D eigenvalue weighted by Crippen LogP contribution is 2.13. The quantitative estimate of drug-likeness (QED) is 0.722. The van der Waals surface area contributed by atoms with E-state index in [2.05, 4.69) is 45.6 Å². The number of aromatic nitrogens is 1. The van der Waals surface area contributed by atoms with E-state index < -0.39 is 11.8 Å². The number of ether oxygens (including phenoxy) is 1. The third-order valence-corrected chi connectivity index (χ3v) is 3.77. The molecule has 2 amide bonds. The summed E-state index contributed by atoms with van der Waals surface area (Å²) in [5, 5.41) is 0. The topological polar surface area (TPSA) is 80.3 Å². The van der Waals surface area contributed by atoms with E-state index in [1.165, 1.54) is 6.20 Å². The molecule has 132 valence electrons. The van der Waals surface area contributed by atoms with Crippen LogP contribution in [0.5, 0.6) is 5.75 Å². The zero-order valence-electron chi connectivity index (χ0n) is 14.1. The van der Waals surface area contributed by atoms with Crippen LogP contribution in [0, 0.1) is 5.92 Å². The minimum Gasteiger partial charge on any atom is -0.494 e. The molecule has 0 aliphatic heterocycles. The molecule has 7 heteroatoms. The Balaban J connectivity index is 1.85. The molecular formula is C18H20BrN3O3. The summed E-state index contributed by atoms with van der Waals surface area (Å²) in [4.78, 5) is 27.9. The Hall–Kier alpha value is -2.41. The van der Waals surface area contributed by atoms with Crippen LogP contribution in [0.1, 0.15) is 41.0 Å². The van der Waals surface area contributed by atoms with Crippen LogP contribution < -0.4 is 15.6 Å². The van der Waals surface area contributed by atoms with Crippen LogP contribution in [0.15, 0.2) is 47.2 Å². The van der Waals surface area contributed by atoms with Crippen LogP contribution in [0.3, 0.4) is 0 Å². The van der Waals surface area contributed by atoms with E-state index in [1.54, 1.807) is 36.5 Å². The molecular weight excluding hydrogens is 386 g/mol. The molecule has 0 atom stereocenters. The van der Waals surface area contributed by atoms with Gasteiger partial charge in [-0.2, -0.15) is 0 Å². The normalized spacial score (nSPS) is 10.4. The summed E-state index contributed by atoms with van der Waals surface area (Å²) in [6.45, 7) is 4.91. The zero-order valence-corrected chi connectivity index (χ0v) is 15.7. The number of nitrogens with zero attached hydrogens (tertiary/aromatic N) is 1. The van der Waals surface area contributed by atoms with Crippen LogP contribution >= 0.6 is 15.9 Å². The summed E-state index contributed by atoms with van der Waals surface area (Å²) in [5.74, 6) is 0.427. The summed E-state index contributed by atoms with van der Waals surface area (Å²) in [7, 11) is 0. The van der Waals surface area contributed by atoms with E-state index in [1.807, 2.05) is 0 Å². The zero-order chi connectivity index (χ0) is 18.2. The average molecular weight is 406 g/mol. The maximum Gasteiger partial charge on any atom is 0.271 e. The van der Waals surface area contributed by atoms with Crippen molar-refractivity contribution in [2.45, 2.75) is 20.3 Å². The van der Waals surface area contributed by atoms with Crippen LogP contribution in [0.4, 0.5) is 0 Å². The largest absolute Gasteiger partial charge is 0.494 e. The number of benzene rings is 1. The second-order valence-electron chi connectivity index (χ2n) is 5.86. The lowest BCUT2D eigenvalue weighted by molar-refractivity contribution is 0.0846. The Morgan fingerprint density at radius 3 is 2.32 bits per heavy atom. The Morgan fingerprint density at radius 2 is 1.72 bits per heavy atom. The molecule has 6 nitrogen and oxygen atoms in total. The molecule has 2 aromatic rings. The smallest absolute Gasteiger partial charge is 0.271 e. The number of amides is 2. The van der Waals surface area contributed by atoms with Crippen molar-refractivity contribution in [3.05, 3.63) is 58.3 Å². The second kappa shape index (κ2) is 9.17. The number of nitrogens with one attached hydrogen (secondary N) is 2. The van der Waals surface area contributed by atoms with Gasteiger partial charge in [-0.05, 0) is 58.6 Å². The van der Waals surface area contributed by atoms with Gasteiger partial charge in [0.1, 0.15) is 5.75 Å². The van der Waals surface area contributed by atoms with Gasteiger partial charge in [0, 0.05) is 22.4 Å². The molecule has 25 heavy (non-hydrogen) atoms. The number of hydrogen-bond donors (Lipinski definition) is 2. The van der Waals surface area contributed by atoms with E-state index in [0.29, 0.717) is 33.9 Å². The first-order valence-electron chi connectivity index (χ1n) is 7.90. The lowest BCUT2D eigenvalue weighted by atomic mass is 10.1. The van der Waals surface area contributed by atoms with Gasteiger partial charge in [-0.1, -0.05) is 13.8 Å². The van der Waals surface area contributed by atoms with Gasteiger partial charge in [-0.3, -0.25) is 25.4 Å². The fourth-order valence-electron chi connectivity index (χ4n) is 1.91. The minimum absolute atomic E-state index is 0.337. The van der Waals surface area contributed by atoms with E-state index in [-0.39, 0.29) is 0 Å². The van der Waals surface area contributed by atoms with Gasteiger partial charge < -0.3 is 4.74 Å². The number of carbonyl (C=O) groups excluding carboxylic acids is 2. The van der Waals surface area contributed by atoms with Crippen LogP contribution in [0.25, 0.3) is 0 Å². The molecule has 0 bridgehead atoms. The van der Waals surface area contributed by atoms with Crippen molar-refractivity contribution >= 4 is 27.7 Å². The Kier molecular flexibility index (Phi) is 6.94. The number of carbonyl (C=O) groups is 2. The van der Waals surface area contributed by atoms with Crippen molar-refractivity contribution in [3.8, 4) is 5.75 Å². The van der Waals surface area contributed by atoms with Crippen molar-refractivity contribution in [3.63, 3.8) is 0 Å². The van der Waals surface area contributed by atoms with Crippen LogP contribution in [0.2, 0.25) is 0 Å². The van der Waals surface area contributed by atoms with Gasteiger partial charge in [-0.25, -0.2) is 0 Å². The number of halogens is 1. The lowest BCUT2D eigenvalue weighted by Gasteiger charge is -2.10. The number of hydrogen-bond acceptors (Lipinski definition) is 4. The summed E-state index contributed by atoms with van der Waals surface area (Å²) < 4.78 is 6.29. The molecule has 0 aliphatic rings. The molecule has 1 aromatic heterocycles. The molecule has 0 fully saturated rings. The first-order chi connectivity index (χ1) is 12.0. The molecule has 1 aromatic carbocycles. The molecule has 2 rings (SSSR count). The number of pyridine rings is 1. The van der Waals surface area contributed by atoms with Gasteiger partial charge in [0.2, 0.25) is 0 Å². The third kappa shape index (κ3) is 6.19. The summed E-state index contributed by atoms with van der Waals surface area (Å²) in [6.07, 6.45) is 3.95. The molecule has 2 N–H and O–H groups in total. The molecule has 1 heterocycles. The highest BCUT2D eigenvalue weighted by atomic mass is 79.9. The Morgan fingerprint density at radius 1 is 1.08 bits per heavy atom. The number of hydrazine groups is 1. The molecule has 0 saturated heterocycles. The first kappa shape index (κ1) is 18.9. The predicted molar refractivity (Wildman–Crippen MR) is 98.3 cm³/mol. The van der Waals surface area contributed by atoms with Crippen LogP contribution in [-0.2, 0) is 0 Å². The van der Waals surface area contributed by atoms with Crippen molar-refractivity contribution in [2.24, 2.45) is 5.92 Å². The Bertz CT molecular complexity index is 733. The number of rotatable bonds is 6. The van der Waals surface area contributed by atoms with E-state index in [4.69, 9.17) is 4.74 Å². The highest BCUT2D eigenvalue weighted by molar-refractivity contribution is 9.10. The monoisotopic (exact) mass is 405 g/mol. The standard InChI is InChI=1S/C18H20BrN3O3/c1-12(2)7-8-25-16-5-3-13(4-6-16)17(23)21-22-18(24)14-9-15(19)11-20-10-14/h3-6,9-12H,7-8H2,1-2H3,(H,21,23)(H,22,24). The molecule has 0 radical (unpaired) electrons. The molecule has 0 aliphatic carbocycles. The lowest BCUT2D eigenvalue weighted by Crippen LogP contribution is -2.41. The molecule has 0 spiro atoms. The predicted octanol–water partition coefficient (Wildman–Crippen LogP) is 3.34. The van der Waals surface area contributed by atoms with E-state index in [0.717, 1.165) is 6.42 Å².